The maximum absolute atomic E-state index is 12.1. The van der Waals surface area contributed by atoms with Gasteiger partial charge in [0.15, 0.2) is 6.61 Å². The molecule has 1 aromatic carbocycles. The number of benzene rings is 1. The van der Waals surface area contributed by atoms with Gasteiger partial charge in [0.2, 0.25) is 0 Å². The monoisotopic (exact) mass is 390 g/mol. The summed E-state index contributed by atoms with van der Waals surface area (Å²) in [6.45, 7) is -3.58. The number of aromatic nitrogens is 1. The minimum Gasteiger partial charge on any atom is -0.452 e. The fraction of sp³-hybridized carbons (Fsp3) is 0.133. The second-order valence-corrected chi connectivity index (χ2v) is 5.31. The van der Waals surface area contributed by atoms with Crippen molar-refractivity contribution in [1.82, 2.24) is 4.98 Å². The van der Waals surface area contributed by atoms with E-state index in [1.807, 2.05) is 0 Å². The summed E-state index contributed by atoms with van der Waals surface area (Å²) in [6.07, 6.45) is 1.21. The molecule has 0 aliphatic carbocycles. The summed E-state index contributed by atoms with van der Waals surface area (Å²) >= 11 is 11.4. The van der Waals surface area contributed by atoms with Crippen LogP contribution in [0.4, 0.5) is 14.5 Å². The summed E-state index contributed by atoms with van der Waals surface area (Å²) in [5.74, 6) is -1.62. The van der Waals surface area contributed by atoms with E-state index in [-0.39, 0.29) is 27.2 Å². The molecule has 0 fully saturated rings. The summed E-state index contributed by atoms with van der Waals surface area (Å²) in [7, 11) is 0. The van der Waals surface area contributed by atoms with Gasteiger partial charge in [-0.15, -0.1) is 0 Å². The third kappa shape index (κ3) is 5.84. The summed E-state index contributed by atoms with van der Waals surface area (Å²) in [5.41, 5.74) is 0.356. The van der Waals surface area contributed by atoms with Crippen molar-refractivity contribution < 1.29 is 27.8 Å². The van der Waals surface area contributed by atoms with Gasteiger partial charge in [-0.2, -0.15) is 8.78 Å². The molecule has 1 N–H and O–H groups in total. The molecule has 1 amide bonds. The molecular weight excluding hydrogens is 381 g/mol. The molecule has 0 spiro atoms. The van der Waals surface area contributed by atoms with Gasteiger partial charge < -0.3 is 14.8 Å². The molecule has 1 aromatic heterocycles. The number of alkyl halides is 2. The van der Waals surface area contributed by atoms with Crippen molar-refractivity contribution in [1.29, 1.82) is 0 Å². The van der Waals surface area contributed by atoms with Crippen LogP contribution in [0.15, 0.2) is 36.5 Å². The molecule has 10 heteroatoms. The summed E-state index contributed by atoms with van der Waals surface area (Å²) in [5, 5.41) is 2.50. The molecule has 0 bridgehead atoms. The van der Waals surface area contributed by atoms with Gasteiger partial charge in [0.05, 0.1) is 10.6 Å². The fourth-order valence-electron chi connectivity index (χ4n) is 1.68. The van der Waals surface area contributed by atoms with Gasteiger partial charge in [-0.25, -0.2) is 9.78 Å². The number of rotatable bonds is 6. The van der Waals surface area contributed by atoms with Crippen LogP contribution in [0.5, 0.6) is 5.75 Å². The first-order valence-corrected chi connectivity index (χ1v) is 7.43. The molecule has 0 aliphatic heterocycles. The van der Waals surface area contributed by atoms with E-state index in [0.29, 0.717) is 0 Å². The molecule has 0 saturated carbocycles. The van der Waals surface area contributed by atoms with Gasteiger partial charge >= 0.3 is 12.6 Å². The van der Waals surface area contributed by atoms with Crippen LogP contribution in [0.1, 0.15) is 10.4 Å². The minimum absolute atomic E-state index is 0.109. The average molecular weight is 391 g/mol. The number of amides is 1. The van der Waals surface area contributed by atoms with E-state index in [1.165, 1.54) is 36.5 Å². The number of halogens is 4. The van der Waals surface area contributed by atoms with Gasteiger partial charge in [-0.3, -0.25) is 4.79 Å². The number of nitrogens with zero attached hydrogens (tertiary/aromatic N) is 1. The van der Waals surface area contributed by atoms with Gasteiger partial charge in [-0.05, 0) is 30.3 Å². The van der Waals surface area contributed by atoms with Crippen LogP contribution in [0.3, 0.4) is 0 Å². The number of nitrogens with one attached hydrogen (secondary N) is 1. The normalized spacial score (nSPS) is 10.4. The van der Waals surface area contributed by atoms with Gasteiger partial charge in [-0.1, -0.05) is 23.2 Å². The highest BCUT2D eigenvalue weighted by Gasteiger charge is 2.13. The topological polar surface area (TPSA) is 77.5 Å². The Balaban J connectivity index is 1.88. The minimum atomic E-state index is -3.01. The Morgan fingerprint density at radius 1 is 1.20 bits per heavy atom. The quantitative estimate of drug-likeness (QED) is 0.599. The Morgan fingerprint density at radius 3 is 2.56 bits per heavy atom. The molecule has 25 heavy (non-hydrogen) atoms. The van der Waals surface area contributed by atoms with Crippen molar-refractivity contribution in [2.45, 2.75) is 6.61 Å². The molecule has 1 heterocycles. The first-order chi connectivity index (χ1) is 11.8. The van der Waals surface area contributed by atoms with Crippen LogP contribution in [-0.4, -0.2) is 30.1 Å². The van der Waals surface area contributed by atoms with Crippen LogP contribution in [-0.2, 0) is 9.53 Å². The zero-order valence-corrected chi connectivity index (χ0v) is 13.9. The highest BCUT2D eigenvalue weighted by atomic mass is 35.5. The SMILES string of the molecule is O=C(COC(=O)c1ccc(Cl)nc1)Nc1ccc(OC(F)F)c(Cl)c1. The smallest absolute Gasteiger partial charge is 0.387 e. The molecule has 132 valence electrons. The van der Waals surface area contributed by atoms with E-state index in [1.54, 1.807) is 0 Å². The molecule has 2 aromatic rings. The second kappa shape index (κ2) is 8.59. The van der Waals surface area contributed by atoms with Crippen molar-refractivity contribution in [2.24, 2.45) is 0 Å². The Kier molecular flexibility index (Phi) is 6.49. The fourth-order valence-corrected chi connectivity index (χ4v) is 2.02. The molecular formula is C15H10Cl2F2N2O4. The van der Waals surface area contributed by atoms with Crippen LogP contribution >= 0.6 is 23.2 Å². The highest BCUT2D eigenvalue weighted by molar-refractivity contribution is 6.32. The number of esters is 1. The lowest BCUT2D eigenvalue weighted by molar-refractivity contribution is -0.119. The zero-order chi connectivity index (χ0) is 18.4. The molecule has 2 rings (SSSR count). The summed E-state index contributed by atoms with van der Waals surface area (Å²) < 4.78 is 33.3. The van der Waals surface area contributed by atoms with Crippen molar-refractivity contribution in [3.8, 4) is 5.75 Å². The second-order valence-electron chi connectivity index (χ2n) is 4.52. The lowest BCUT2D eigenvalue weighted by Crippen LogP contribution is -2.21. The largest absolute Gasteiger partial charge is 0.452 e. The van der Waals surface area contributed by atoms with E-state index in [9.17, 15) is 18.4 Å². The van der Waals surface area contributed by atoms with Crippen molar-refractivity contribution >= 4 is 40.8 Å². The van der Waals surface area contributed by atoms with Gasteiger partial charge in [0, 0.05) is 11.9 Å². The van der Waals surface area contributed by atoms with E-state index in [0.717, 1.165) is 0 Å². The average Bonchev–Trinajstić information content (AvgIpc) is 2.55. The Labute approximate surface area is 150 Å². The van der Waals surface area contributed by atoms with Crippen LogP contribution in [0, 0.1) is 0 Å². The first kappa shape index (κ1) is 18.9. The first-order valence-electron chi connectivity index (χ1n) is 6.68. The molecule has 0 radical (unpaired) electrons. The molecule has 6 nitrogen and oxygen atoms in total. The Bertz CT molecular complexity index is 773. The lowest BCUT2D eigenvalue weighted by atomic mass is 10.3. The van der Waals surface area contributed by atoms with E-state index in [4.69, 9.17) is 27.9 Å². The van der Waals surface area contributed by atoms with Gasteiger partial charge in [0.25, 0.3) is 5.91 Å². The van der Waals surface area contributed by atoms with E-state index < -0.39 is 25.1 Å². The maximum Gasteiger partial charge on any atom is 0.387 e. The number of carbonyl (C=O) groups excluding carboxylic acids is 2. The Morgan fingerprint density at radius 2 is 1.96 bits per heavy atom. The number of hydrogen-bond donors (Lipinski definition) is 1. The van der Waals surface area contributed by atoms with Crippen LogP contribution in [0.25, 0.3) is 0 Å². The number of anilines is 1. The maximum atomic E-state index is 12.1. The standard InChI is InChI=1S/C15H10Cl2F2N2O4/c16-10-5-9(2-3-11(10)25-15(18)19)21-13(22)7-24-14(23)8-1-4-12(17)20-6-8/h1-6,15H,7H2,(H,21,22). The Hall–Kier alpha value is -2.45. The molecule has 0 unspecified atom stereocenters. The zero-order valence-electron chi connectivity index (χ0n) is 12.3. The number of hydrogen-bond acceptors (Lipinski definition) is 5. The third-order valence-electron chi connectivity index (χ3n) is 2.73. The van der Waals surface area contributed by atoms with Crippen molar-refractivity contribution in [3.63, 3.8) is 0 Å². The molecule has 0 aliphatic rings. The predicted molar refractivity (Wildman–Crippen MR) is 86.2 cm³/mol. The molecule has 0 saturated heterocycles. The summed E-state index contributed by atoms with van der Waals surface area (Å²) in [6, 6.07) is 6.52. The predicted octanol–water partition coefficient (Wildman–Crippen LogP) is 3.79. The van der Waals surface area contributed by atoms with Crippen molar-refractivity contribution in [3.05, 3.63) is 52.3 Å². The lowest BCUT2D eigenvalue weighted by Gasteiger charge is -2.10. The van der Waals surface area contributed by atoms with E-state index in [2.05, 4.69) is 15.0 Å². The third-order valence-corrected chi connectivity index (χ3v) is 3.25. The van der Waals surface area contributed by atoms with Crippen LogP contribution in [0.2, 0.25) is 10.2 Å². The highest BCUT2D eigenvalue weighted by Crippen LogP contribution is 2.28. The summed E-state index contributed by atoms with van der Waals surface area (Å²) in [4.78, 5) is 27.2. The van der Waals surface area contributed by atoms with Gasteiger partial charge in [0.1, 0.15) is 10.9 Å². The number of ether oxygens (including phenoxy) is 2. The van der Waals surface area contributed by atoms with Crippen molar-refractivity contribution in [2.75, 3.05) is 11.9 Å². The van der Waals surface area contributed by atoms with Crippen LogP contribution < -0.4 is 10.1 Å². The number of pyridine rings is 1. The molecule has 0 atom stereocenters. The van der Waals surface area contributed by atoms with E-state index >= 15 is 0 Å². The number of carbonyl (C=O) groups is 2.